The summed E-state index contributed by atoms with van der Waals surface area (Å²) in [5, 5.41) is 20.8. The van der Waals surface area contributed by atoms with Gasteiger partial charge in [-0.1, -0.05) is 421 Å². The number of carbonyl (C=O) groups excluding carboxylic acids is 3. The standard InChI is InChI=1S/C107H180O16P2/c1-4-7-10-13-16-19-22-25-28-31-34-37-40-42-44-46-48-49-50-51-53-55-56-58-61-63-66-69-72-75-78-81-84-87-90-93-105(110)117-96-102(108)97-119-124(113,114)120-98-103(109)99-121-125(115,116)122-101-104(123-107(112)95-92-89-86-83-80-77-74-71-68-65-60-39-36-33-30-27-24-21-18-15-12-9-6-3)100-118-106(111)94-91-88-85-82-79-76-73-70-67-64-62-59-57-54-52-47-45-43-41-38-35-32-29-26-23-20-17-14-11-8-5-2/h7-12,16-21,25-30,34-39,42-45,52,54,65,68,102-104,108-109H,4-6,13-15,22-24,31-33,40-41,46-51,53,55-64,66-67,69-101H2,1-3H3,(H,113,114)(H,115,116)/b10-7-,11-8-,12-9-,19-16-,20-17-,21-18-,28-25-,29-26-,30-27-,37-34-,38-35-,39-36-,44-42-,45-43-,54-52-,68-65-. The van der Waals surface area contributed by atoms with E-state index in [-0.39, 0.29) is 19.3 Å². The van der Waals surface area contributed by atoms with Crippen molar-refractivity contribution in [3.8, 4) is 0 Å². The maximum Gasteiger partial charge on any atom is 0.472 e. The number of carbonyl (C=O) groups is 3. The second-order valence-electron chi connectivity index (χ2n) is 32.8. The Bertz CT molecular complexity index is 3050. The van der Waals surface area contributed by atoms with Crippen molar-refractivity contribution in [2.75, 3.05) is 39.6 Å². The molecule has 0 aliphatic rings. The number of aliphatic hydroxyl groups is 2. The van der Waals surface area contributed by atoms with Crippen molar-refractivity contribution in [3.63, 3.8) is 0 Å². The largest absolute Gasteiger partial charge is 0.472 e. The Balaban J connectivity index is 4.57. The molecular formula is C107H180O16P2. The minimum Gasteiger partial charge on any atom is -0.463 e. The van der Waals surface area contributed by atoms with Gasteiger partial charge in [0.1, 0.15) is 25.4 Å². The first-order valence-electron chi connectivity index (χ1n) is 49.7. The predicted octanol–water partition coefficient (Wildman–Crippen LogP) is 31.3. The summed E-state index contributed by atoms with van der Waals surface area (Å²) in [4.78, 5) is 59.1. The van der Waals surface area contributed by atoms with E-state index in [0.29, 0.717) is 19.3 Å². The molecule has 0 spiro atoms. The van der Waals surface area contributed by atoms with Crippen LogP contribution in [0.15, 0.2) is 194 Å². The molecule has 0 saturated carbocycles. The molecule has 0 rings (SSSR count). The Kier molecular flexibility index (Phi) is 93.1. The van der Waals surface area contributed by atoms with E-state index in [1.54, 1.807) is 0 Å². The van der Waals surface area contributed by atoms with Crippen LogP contribution in [-0.4, -0.2) is 95.9 Å². The third kappa shape index (κ3) is 98.8. The van der Waals surface area contributed by atoms with Gasteiger partial charge in [0.2, 0.25) is 0 Å². The molecule has 0 saturated heterocycles. The molecule has 5 atom stereocenters. The number of rotatable bonds is 93. The molecule has 0 bridgehead atoms. The number of hydrogen-bond acceptors (Lipinski definition) is 14. The Labute approximate surface area is 763 Å². The smallest absolute Gasteiger partial charge is 0.463 e. The van der Waals surface area contributed by atoms with Gasteiger partial charge in [-0.3, -0.25) is 32.5 Å². The molecule has 0 amide bonds. The molecule has 0 aliphatic carbocycles. The Morgan fingerprint density at radius 3 is 0.632 bits per heavy atom. The van der Waals surface area contributed by atoms with E-state index in [4.69, 9.17) is 32.3 Å². The van der Waals surface area contributed by atoms with Crippen molar-refractivity contribution in [3.05, 3.63) is 194 Å². The fourth-order valence-corrected chi connectivity index (χ4v) is 15.0. The topological polar surface area (TPSA) is 231 Å². The van der Waals surface area contributed by atoms with Gasteiger partial charge < -0.3 is 34.2 Å². The van der Waals surface area contributed by atoms with Crippen LogP contribution in [0, 0.1) is 0 Å². The fraction of sp³-hybridized carbons (Fsp3) is 0.673. The average Bonchev–Trinajstić information content (AvgIpc) is 0.901. The van der Waals surface area contributed by atoms with E-state index >= 15 is 0 Å². The molecule has 0 aliphatic heterocycles. The Morgan fingerprint density at radius 1 is 0.224 bits per heavy atom. The SMILES string of the molecule is CC/C=C\C/C=C\C/C=C\C/C=C\C/C=C\C/C=C\CCCCCCCCCCCCCCC(=O)OCC(COP(=O)(O)OCC(O)COP(=O)(O)OCC(O)COC(=O)CCCCCCCCCCCCCCCCCCCCC/C=C\C/C=C\C/C=C\C/C=C\C/C=C\CC)OC(=O)CCCCCCCCC/C=C\C/C=C\C/C=C\C/C=C\C/C=C\CC. The molecule has 4 N–H and O–H groups in total. The zero-order valence-electron chi connectivity index (χ0n) is 79.0. The number of esters is 3. The van der Waals surface area contributed by atoms with Crippen LogP contribution in [0.3, 0.4) is 0 Å². The normalized spacial score (nSPS) is 14.5. The quantitative estimate of drug-likeness (QED) is 0.0146. The van der Waals surface area contributed by atoms with Crippen LogP contribution < -0.4 is 0 Å². The van der Waals surface area contributed by atoms with Gasteiger partial charge in [0.15, 0.2) is 6.10 Å². The monoisotopic (exact) mass is 1780 g/mol. The van der Waals surface area contributed by atoms with Crippen LogP contribution in [0.5, 0.6) is 0 Å². The van der Waals surface area contributed by atoms with Crippen LogP contribution >= 0.6 is 15.6 Å². The fourth-order valence-electron chi connectivity index (χ4n) is 13.4. The zero-order valence-corrected chi connectivity index (χ0v) is 80.7. The average molecular weight is 1780 g/mol. The van der Waals surface area contributed by atoms with Crippen molar-refractivity contribution in [2.45, 2.75) is 424 Å². The lowest BCUT2D eigenvalue weighted by Crippen LogP contribution is -2.30. The third-order valence-electron chi connectivity index (χ3n) is 20.8. The number of ether oxygens (including phenoxy) is 3. The van der Waals surface area contributed by atoms with Crippen molar-refractivity contribution >= 4 is 33.6 Å². The summed E-state index contributed by atoms with van der Waals surface area (Å²) in [6, 6.07) is 0. The summed E-state index contributed by atoms with van der Waals surface area (Å²) in [6.45, 7) is 2.38. The lowest BCUT2D eigenvalue weighted by Gasteiger charge is -2.21. The van der Waals surface area contributed by atoms with Gasteiger partial charge >= 0.3 is 33.6 Å². The summed E-state index contributed by atoms with van der Waals surface area (Å²) < 4.78 is 61.6. The number of aliphatic hydroxyl groups excluding tert-OH is 2. The van der Waals surface area contributed by atoms with E-state index in [1.807, 2.05) is 0 Å². The molecule has 714 valence electrons. The molecular weight excluding hydrogens is 1600 g/mol. The lowest BCUT2D eigenvalue weighted by atomic mass is 10.0. The van der Waals surface area contributed by atoms with Gasteiger partial charge in [-0.15, -0.1) is 0 Å². The van der Waals surface area contributed by atoms with E-state index < -0.39 is 91.5 Å². The highest BCUT2D eigenvalue weighted by molar-refractivity contribution is 7.47. The lowest BCUT2D eigenvalue weighted by molar-refractivity contribution is -0.161. The van der Waals surface area contributed by atoms with Gasteiger partial charge in [0.05, 0.1) is 26.4 Å². The first-order valence-corrected chi connectivity index (χ1v) is 52.7. The highest BCUT2D eigenvalue weighted by atomic mass is 31.2. The molecule has 0 heterocycles. The second kappa shape index (κ2) is 97.4. The van der Waals surface area contributed by atoms with Crippen LogP contribution in [0.2, 0.25) is 0 Å². The van der Waals surface area contributed by atoms with E-state index in [0.717, 1.165) is 199 Å². The van der Waals surface area contributed by atoms with Crippen LogP contribution in [0.25, 0.3) is 0 Å². The van der Waals surface area contributed by atoms with Gasteiger partial charge in [-0.2, -0.15) is 0 Å². The summed E-state index contributed by atoms with van der Waals surface area (Å²) >= 11 is 0. The third-order valence-corrected chi connectivity index (χ3v) is 22.7. The number of phosphoric ester groups is 2. The Hall–Kier alpha value is -5.61. The number of unbranched alkanes of at least 4 members (excludes halogenated alkanes) is 38. The molecule has 0 fully saturated rings. The highest BCUT2D eigenvalue weighted by Crippen LogP contribution is 2.45. The summed E-state index contributed by atoms with van der Waals surface area (Å²) in [7, 11) is -9.82. The maximum absolute atomic E-state index is 13.1. The summed E-state index contributed by atoms with van der Waals surface area (Å²) in [5.41, 5.74) is 0. The molecule has 0 aromatic heterocycles. The molecule has 0 aromatic carbocycles. The minimum absolute atomic E-state index is 0.0860. The predicted molar refractivity (Wildman–Crippen MR) is 528 cm³/mol. The minimum atomic E-state index is -4.95. The van der Waals surface area contributed by atoms with Gasteiger partial charge in [-0.25, -0.2) is 9.13 Å². The molecule has 0 radical (unpaired) electrons. The summed E-state index contributed by atoms with van der Waals surface area (Å²) in [6.07, 6.45) is 131. The van der Waals surface area contributed by atoms with Gasteiger partial charge in [0.25, 0.3) is 0 Å². The molecule has 0 aromatic rings. The van der Waals surface area contributed by atoms with E-state index in [9.17, 15) is 43.5 Å². The van der Waals surface area contributed by atoms with Crippen molar-refractivity contribution in [1.82, 2.24) is 0 Å². The summed E-state index contributed by atoms with van der Waals surface area (Å²) in [5.74, 6) is -1.58. The number of allylic oxidation sites excluding steroid dienone is 32. The molecule has 16 nitrogen and oxygen atoms in total. The first kappa shape index (κ1) is 119. The van der Waals surface area contributed by atoms with Crippen molar-refractivity contribution in [1.29, 1.82) is 0 Å². The number of phosphoric acid groups is 2. The number of hydrogen-bond donors (Lipinski definition) is 4. The van der Waals surface area contributed by atoms with Crippen LogP contribution in [0.1, 0.15) is 406 Å². The zero-order chi connectivity index (χ0) is 90.7. The first-order chi connectivity index (χ1) is 61.2. The molecule has 18 heteroatoms. The molecule has 125 heavy (non-hydrogen) atoms. The van der Waals surface area contributed by atoms with E-state index in [2.05, 4.69) is 215 Å². The second-order valence-corrected chi connectivity index (χ2v) is 35.7. The van der Waals surface area contributed by atoms with Crippen molar-refractivity contribution < 1.29 is 75.8 Å². The van der Waals surface area contributed by atoms with Crippen LogP contribution in [-0.2, 0) is 55.8 Å². The Morgan fingerprint density at radius 2 is 0.400 bits per heavy atom. The van der Waals surface area contributed by atoms with Gasteiger partial charge in [0, 0.05) is 19.3 Å². The van der Waals surface area contributed by atoms with Crippen molar-refractivity contribution in [2.24, 2.45) is 0 Å². The molecule has 5 unspecified atom stereocenters. The van der Waals surface area contributed by atoms with Gasteiger partial charge in [-0.05, 0) is 161 Å². The highest BCUT2D eigenvalue weighted by Gasteiger charge is 2.30. The maximum atomic E-state index is 13.1. The van der Waals surface area contributed by atoms with E-state index in [1.165, 1.54) is 148 Å². The van der Waals surface area contributed by atoms with Crippen LogP contribution in [0.4, 0.5) is 0 Å².